The molecule has 2 atom stereocenters. The second-order valence-corrected chi connectivity index (χ2v) is 9.08. The van der Waals surface area contributed by atoms with Gasteiger partial charge in [0.2, 0.25) is 0 Å². The minimum absolute atomic E-state index is 0.0695. The van der Waals surface area contributed by atoms with Crippen molar-refractivity contribution in [2.75, 3.05) is 4.90 Å². The predicted molar refractivity (Wildman–Crippen MR) is 136 cm³/mol. The number of halogens is 3. The van der Waals surface area contributed by atoms with Gasteiger partial charge in [0.05, 0.1) is 29.0 Å². The second kappa shape index (κ2) is 8.98. The number of aromatic hydroxyl groups is 1. The Morgan fingerprint density at radius 1 is 0.972 bits per heavy atom. The van der Waals surface area contributed by atoms with E-state index in [1.54, 1.807) is 30.5 Å². The van der Waals surface area contributed by atoms with Crippen LogP contribution in [0, 0.1) is 13.8 Å². The SMILES string of the molecule is Cc1cc([C@H]2[C@@H](c3ccccn3)NC(=S)N2c2ccccc2O)c(C)n1-c1cccc(C(F)(F)F)c1. The van der Waals surface area contributed by atoms with Gasteiger partial charge in [0, 0.05) is 23.3 Å². The highest BCUT2D eigenvalue weighted by Crippen LogP contribution is 2.46. The van der Waals surface area contributed by atoms with Crippen LogP contribution in [0.3, 0.4) is 0 Å². The maximum Gasteiger partial charge on any atom is 0.416 e. The van der Waals surface area contributed by atoms with Crippen LogP contribution in [0.25, 0.3) is 5.69 Å². The Hall–Kier alpha value is -3.85. The summed E-state index contributed by atoms with van der Waals surface area (Å²) in [6.45, 7) is 3.74. The average Bonchev–Trinajstić information content (AvgIpc) is 3.34. The summed E-state index contributed by atoms with van der Waals surface area (Å²) in [5, 5.41) is 14.4. The maximum atomic E-state index is 13.4. The number of aromatic nitrogens is 2. The molecule has 0 radical (unpaired) electrons. The molecule has 1 saturated heterocycles. The molecule has 0 bridgehead atoms. The summed E-state index contributed by atoms with van der Waals surface area (Å²) >= 11 is 5.71. The number of hydrogen-bond donors (Lipinski definition) is 2. The van der Waals surface area contributed by atoms with Crippen molar-refractivity contribution >= 4 is 23.0 Å². The van der Waals surface area contributed by atoms with E-state index in [4.69, 9.17) is 12.2 Å². The maximum absolute atomic E-state index is 13.4. The van der Waals surface area contributed by atoms with Gasteiger partial charge in [-0.15, -0.1) is 0 Å². The van der Waals surface area contributed by atoms with Crippen LogP contribution in [0.4, 0.5) is 18.9 Å². The average molecular weight is 509 g/mol. The Kier molecular flexibility index (Phi) is 5.96. The van der Waals surface area contributed by atoms with Crippen LogP contribution in [0.5, 0.6) is 5.75 Å². The fourth-order valence-corrected chi connectivity index (χ4v) is 5.24. The van der Waals surface area contributed by atoms with E-state index in [2.05, 4.69) is 10.3 Å². The molecule has 2 aromatic heterocycles. The molecule has 5 rings (SSSR count). The van der Waals surface area contributed by atoms with Crippen LogP contribution in [0.2, 0.25) is 0 Å². The highest BCUT2D eigenvalue weighted by atomic mass is 32.1. The number of phenolic OH excluding ortho intramolecular Hbond substituents is 1. The minimum atomic E-state index is -4.44. The number of nitrogens with zero attached hydrogens (tertiary/aromatic N) is 3. The highest BCUT2D eigenvalue weighted by Gasteiger charge is 2.43. The lowest BCUT2D eigenvalue weighted by atomic mass is 9.96. The Labute approximate surface area is 211 Å². The van der Waals surface area contributed by atoms with Gasteiger partial charge in [-0.05, 0) is 80.2 Å². The zero-order valence-corrected chi connectivity index (χ0v) is 20.3. The number of benzene rings is 2. The molecule has 9 heteroatoms. The van der Waals surface area contributed by atoms with Crippen LogP contribution < -0.4 is 10.2 Å². The zero-order chi connectivity index (χ0) is 25.6. The van der Waals surface area contributed by atoms with Crippen molar-refractivity contribution in [3.05, 3.63) is 107 Å². The summed E-state index contributed by atoms with van der Waals surface area (Å²) in [5.74, 6) is 0.0695. The fraction of sp³-hybridized carbons (Fsp3) is 0.185. The number of rotatable bonds is 4. The van der Waals surface area contributed by atoms with Crippen LogP contribution in [0.1, 0.15) is 40.3 Å². The molecule has 36 heavy (non-hydrogen) atoms. The van der Waals surface area contributed by atoms with Gasteiger partial charge in [-0.25, -0.2) is 0 Å². The number of anilines is 1. The van der Waals surface area contributed by atoms with Crippen molar-refractivity contribution in [3.8, 4) is 11.4 Å². The topological polar surface area (TPSA) is 53.3 Å². The van der Waals surface area contributed by atoms with Crippen LogP contribution in [0.15, 0.2) is 79.0 Å². The van der Waals surface area contributed by atoms with E-state index in [1.165, 1.54) is 6.07 Å². The number of alkyl halides is 3. The molecule has 4 aromatic rings. The molecule has 2 N–H and O–H groups in total. The van der Waals surface area contributed by atoms with Crippen molar-refractivity contribution in [1.29, 1.82) is 0 Å². The first kappa shape index (κ1) is 23.9. The molecule has 5 nitrogen and oxygen atoms in total. The second-order valence-electron chi connectivity index (χ2n) is 8.70. The predicted octanol–water partition coefficient (Wildman–Crippen LogP) is 6.39. The lowest BCUT2D eigenvalue weighted by Gasteiger charge is -2.28. The fourth-order valence-electron chi connectivity index (χ4n) is 4.90. The van der Waals surface area contributed by atoms with Gasteiger partial charge in [-0.1, -0.05) is 24.3 Å². The third-order valence-electron chi connectivity index (χ3n) is 6.46. The molecular weight excluding hydrogens is 485 g/mol. The number of hydrogen-bond acceptors (Lipinski definition) is 3. The van der Waals surface area contributed by atoms with Gasteiger partial charge in [0.25, 0.3) is 0 Å². The Morgan fingerprint density at radius 3 is 2.42 bits per heavy atom. The molecule has 1 fully saturated rings. The number of aryl methyl sites for hydroxylation is 1. The van der Waals surface area contributed by atoms with Gasteiger partial charge >= 0.3 is 6.18 Å². The monoisotopic (exact) mass is 508 g/mol. The smallest absolute Gasteiger partial charge is 0.416 e. The van der Waals surface area contributed by atoms with E-state index < -0.39 is 17.8 Å². The summed E-state index contributed by atoms with van der Waals surface area (Å²) < 4.78 is 42.1. The van der Waals surface area contributed by atoms with E-state index >= 15 is 0 Å². The third kappa shape index (κ3) is 4.09. The quantitative estimate of drug-likeness (QED) is 0.313. The molecule has 0 aliphatic carbocycles. The molecule has 3 heterocycles. The number of para-hydroxylation sites is 2. The largest absolute Gasteiger partial charge is 0.506 e. The van der Waals surface area contributed by atoms with E-state index in [-0.39, 0.29) is 11.8 Å². The molecule has 184 valence electrons. The molecule has 0 spiro atoms. The number of thiocarbonyl (C=S) groups is 1. The highest BCUT2D eigenvalue weighted by molar-refractivity contribution is 7.80. The first-order valence-electron chi connectivity index (χ1n) is 11.3. The summed E-state index contributed by atoms with van der Waals surface area (Å²) in [4.78, 5) is 6.38. The van der Waals surface area contributed by atoms with E-state index in [0.717, 1.165) is 34.8 Å². The van der Waals surface area contributed by atoms with Crippen molar-refractivity contribution < 1.29 is 18.3 Å². The third-order valence-corrected chi connectivity index (χ3v) is 6.77. The molecule has 2 aromatic carbocycles. The number of phenols is 1. The van der Waals surface area contributed by atoms with Crippen LogP contribution >= 0.6 is 12.2 Å². The molecular formula is C27H23F3N4OS. The van der Waals surface area contributed by atoms with Gasteiger partial charge < -0.3 is 19.9 Å². The van der Waals surface area contributed by atoms with Gasteiger partial charge in [0.15, 0.2) is 5.11 Å². The van der Waals surface area contributed by atoms with Gasteiger partial charge in [-0.3, -0.25) is 4.98 Å². The molecule has 0 saturated carbocycles. The van der Waals surface area contributed by atoms with Gasteiger partial charge in [-0.2, -0.15) is 13.2 Å². The Balaban J connectivity index is 1.69. The normalized spacial score (nSPS) is 17.9. The summed E-state index contributed by atoms with van der Waals surface area (Å²) in [6, 6.07) is 19.0. The Morgan fingerprint density at radius 2 is 1.72 bits per heavy atom. The van der Waals surface area contributed by atoms with Crippen molar-refractivity contribution in [1.82, 2.24) is 14.9 Å². The Bertz CT molecular complexity index is 1430. The zero-order valence-electron chi connectivity index (χ0n) is 19.5. The number of pyridine rings is 1. The van der Waals surface area contributed by atoms with Crippen molar-refractivity contribution in [2.24, 2.45) is 0 Å². The first-order chi connectivity index (χ1) is 17.2. The summed E-state index contributed by atoms with van der Waals surface area (Å²) in [6.07, 6.45) is -2.74. The van der Waals surface area contributed by atoms with Crippen molar-refractivity contribution in [2.45, 2.75) is 32.1 Å². The van der Waals surface area contributed by atoms with Crippen molar-refractivity contribution in [3.63, 3.8) is 0 Å². The molecule has 1 aliphatic heterocycles. The van der Waals surface area contributed by atoms with E-state index in [0.29, 0.717) is 16.5 Å². The standard InChI is InChI=1S/C27H23F3N4OS/c1-16-14-20(17(2)33(16)19-9-7-8-18(15-19)27(28,29)30)25-24(21-10-5-6-13-31-21)32-26(36)34(25)22-11-3-4-12-23(22)35/h3-15,24-25,35H,1-2H3,(H,32,36)/t24-,25+/m1/s1. The van der Waals surface area contributed by atoms with Crippen LogP contribution in [-0.2, 0) is 6.18 Å². The summed E-state index contributed by atoms with van der Waals surface area (Å²) in [7, 11) is 0. The molecule has 0 unspecified atom stereocenters. The molecule has 1 aliphatic rings. The van der Waals surface area contributed by atoms with E-state index in [1.807, 2.05) is 53.6 Å². The summed E-state index contributed by atoms with van der Waals surface area (Å²) in [5.41, 5.74) is 3.40. The van der Waals surface area contributed by atoms with E-state index in [9.17, 15) is 18.3 Å². The molecule has 0 amide bonds. The lowest BCUT2D eigenvalue weighted by Crippen LogP contribution is -2.29. The minimum Gasteiger partial charge on any atom is -0.506 e. The van der Waals surface area contributed by atoms with Crippen LogP contribution in [-0.4, -0.2) is 19.8 Å². The first-order valence-corrected chi connectivity index (χ1v) is 11.7. The number of nitrogens with one attached hydrogen (secondary N) is 1. The van der Waals surface area contributed by atoms with Gasteiger partial charge in [0.1, 0.15) is 5.75 Å². The lowest BCUT2D eigenvalue weighted by molar-refractivity contribution is -0.137.